The Morgan fingerprint density at radius 2 is 2.26 bits per heavy atom. The Balaban J connectivity index is 1.96. The lowest BCUT2D eigenvalue weighted by molar-refractivity contribution is 0.1000. The SMILES string of the molecule is CCC(CC1CC1)NCc1cc(C(N)=O)ccc1F. The first-order valence-electron chi connectivity index (χ1n) is 6.91. The molecule has 1 aromatic rings. The highest BCUT2D eigenvalue weighted by atomic mass is 19.1. The van der Waals surface area contributed by atoms with Crippen LogP contribution in [0.25, 0.3) is 0 Å². The lowest BCUT2D eigenvalue weighted by atomic mass is 10.1. The number of halogens is 1. The van der Waals surface area contributed by atoms with E-state index in [2.05, 4.69) is 12.2 Å². The van der Waals surface area contributed by atoms with E-state index in [1.54, 1.807) is 0 Å². The molecule has 2 rings (SSSR count). The molecule has 1 fully saturated rings. The molecule has 1 aliphatic rings. The quantitative estimate of drug-likeness (QED) is 0.795. The first kappa shape index (κ1) is 14.0. The van der Waals surface area contributed by atoms with E-state index in [-0.39, 0.29) is 5.82 Å². The van der Waals surface area contributed by atoms with Gasteiger partial charge in [-0.2, -0.15) is 0 Å². The molecule has 104 valence electrons. The van der Waals surface area contributed by atoms with E-state index in [0.29, 0.717) is 23.7 Å². The summed E-state index contributed by atoms with van der Waals surface area (Å²) in [6.45, 7) is 2.58. The highest BCUT2D eigenvalue weighted by Gasteiger charge is 2.24. The predicted octanol–water partition coefficient (Wildman–Crippen LogP) is 2.59. The number of benzene rings is 1. The maximum atomic E-state index is 13.7. The summed E-state index contributed by atoms with van der Waals surface area (Å²) in [5.74, 6) is 0.0318. The lowest BCUT2D eigenvalue weighted by Crippen LogP contribution is -2.29. The topological polar surface area (TPSA) is 55.1 Å². The molecule has 4 heteroatoms. The third-order valence-electron chi connectivity index (χ3n) is 3.72. The maximum absolute atomic E-state index is 13.7. The number of rotatable bonds is 7. The lowest BCUT2D eigenvalue weighted by Gasteiger charge is -2.17. The minimum atomic E-state index is -0.522. The van der Waals surface area contributed by atoms with Crippen molar-refractivity contribution in [2.24, 2.45) is 11.7 Å². The maximum Gasteiger partial charge on any atom is 0.248 e. The van der Waals surface area contributed by atoms with Crippen molar-refractivity contribution in [3.8, 4) is 0 Å². The molecule has 1 unspecified atom stereocenters. The van der Waals surface area contributed by atoms with E-state index in [4.69, 9.17) is 5.73 Å². The second-order valence-electron chi connectivity index (χ2n) is 5.34. The molecule has 0 heterocycles. The number of carbonyl (C=O) groups excluding carboxylic acids is 1. The molecule has 0 aliphatic heterocycles. The van der Waals surface area contributed by atoms with E-state index >= 15 is 0 Å². The van der Waals surface area contributed by atoms with Gasteiger partial charge in [0.05, 0.1) is 0 Å². The van der Waals surface area contributed by atoms with Gasteiger partial charge >= 0.3 is 0 Å². The Morgan fingerprint density at radius 3 is 2.84 bits per heavy atom. The summed E-state index contributed by atoms with van der Waals surface area (Å²) in [5, 5.41) is 3.37. The van der Waals surface area contributed by atoms with Gasteiger partial charge in [-0.3, -0.25) is 4.79 Å². The number of nitrogens with one attached hydrogen (secondary N) is 1. The summed E-state index contributed by atoms with van der Waals surface area (Å²) in [7, 11) is 0. The molecule has 0 spiro atoms. The number of hydrogen-bond acceptors (Lipinski definition) is 2. The van der Waals surface area contributed by atoms with Gasteiger partial charge in [0.1, 0.15) is 5.82 Å². The third kappa shape index (κ3) is 4.03. The third-order valence-corrected chi connectivity index (χ3v) is 3.72. The molecule has 1 aliphatic carbocycles. The van der Waals surface area contributed by atoms with Crippen molar-refractivity contribution >= 4 is 5.91 Å². The Kier molecular flexibility index (Phi) is 4.53. The average Bonchev–Trinajstić information content (AvgIpc) is 3.19. The van der Waals surface area contributed by atoms with Crippen LogP contribution in [-0.2, 0) is 6.54 Å². The van der Waals surface area contributed by atoms with E-state index in [1.165, 1.54) is 31.0 Å². The van der Waals surface area contributed by atoms with Gasteiger partial charge in [-0.05, 0) is 37.0 Å². The molecular formula is C15H21FN2O. The second kappa shape index (κ2) is 6.15. The van der Waals surface area contributed by atoms with Crippen LogP contribution >= 0.6 is 0 Å². The summed E-state index contributed by atoms with van der Waals surface area (Å²) < 4.78 is 13.7. The zero-order chi connectivity index (χ0) is 13.8. The summed E-state index contributed by atoms with van der Waals surface area (Å²) in [4.78, 5) is 11.1. The van der Waals surface area contributed by atoms with E-state index in [9.17, 15) is 9.18 Å². The molecule has 3 N–H and O–H groups in total. The summed E-state index contributed by atoms with van der Waals surface area (Å²) in [5.41, 5.74) is 6.07. The first-order chi connectivity index (χ1) is 9.10. The standard InChI is InChI=1S/C15H21FN2O/c1-2-13(7-10-3-4-10)18-9-12-8-11(15(17)19)5-6-14(12)16/h5-6,8,10,13,18H,2-4,7,9H2,1H3,(H2,17,19). The van der Waals surface area contributed by atoms with E-state index in [0.717, 1.165) is 18.8 Å². The Morgan fingerprint density at radius 1 is 1.53 bits per heavy atom. The molecular weight excluding hydrogens is 243 g/mol. The summed E-state index contributed by atoms with van der Waals surface area (Å²) in [6.07, 6.45) is 4.84. The molecule has 19 heavy (non-hydrogen) atoms. The van der Waals surface area contributed by atoms with Crippen LogP contribution in [-0.4, -0.2) is 11.9 Å². The molecule has 0 radical (unpaired) electrons. The van der Waals surface area contributed by atoms with Crippen LogP contribution in [0.4, 0.5) is 4.39 Å². The fraction of sp³-hybridized carbons (Fsp3) is 0.533. The molecule has 1 atom stereocenters. The predicted molar refractivity (Wildman–Crippen MR) is 73.2 cm³/mol. The van der Waals surface area contributed by atoms with Gasteiger partial charge in [-0.1, -0.05) is 19.8 Å². The number of primary amides is 1. The number of carbonyl (C=O) groups is 1. The van der Waals surface area contributed by atoms with Crippen molar-refractivity contribution in [3.05, 3.63) is 35.1 Å². The second-order valence-corrected chi connectivity index (χ2v) is 5.34. The molecule has 1 amide bonds. The highest BCUT2D eigenvalue weighted by molar-refractivity contribution is 5.92. The normalized spacial score (nSPS) is 16.3. The van der Waals surface area contributed by atoms with Crippen LogP contribution in [0.15, 0.2) is 18.2 Å². The molecule has 3 nitrogen and oxygen atoms in total. The number of hydrogen-bond donors (Lipinski definition) is 2. The van der Waals surface area contributed by atoms with Gasteiger partial charge in [-0.25, -0.2) is 4.39 Å². The van der Waals surface area contributed by atoms with E-state index < -0.39 is 5.91 Å². The zero-order valence-corrected chi connectivity index (χ0v) is 11.3. The Bertz CT molecular complexity index is 457. The van der Waals surface area contributed by atoms with Gasteiger partial charge in [0, 0.05) is 23.7 Å². The number of amides is 1. The Hall–Kier alpha value is -1.42. The molecule has 0 saturated heterocycles. The van der Waals surface area contributed by atoms with E-state index in [1.807, 2.05) is 0 Å². The van der Waals surface area contributed by atoms with Crippen LogP contribution in [0.2, 0.25) is 0 Å². The fourth-order valence-electron chi connectivity index (χ4n) is 2.27. The van der Waals surface area contributed by atoms with Crippen molar-refractivity contribution in [3.63, 3.8) is 0 Å². The van der Waals surface area contributed by atoms with Crippen LogP contribution < -0.4 is 11.1 Å². The van der Waals surface area contributed by atoms with Gasteiger partial charge in [0.2, 0.25) is 5.91 Å². The molecule has 1 saturated carbocycles. The van der Waals surface area contributed by atoms with Crippen molar-refractivity contribution in [2.75, 3.05) is 0 Å². The van der Waals surface area contributed by atoms with Crippen LogP contribution in [0, 0.1) is 11.7 Å². The fourth-order valence-corrected chi connectivity index (χ4v) is 2.27. The van der Waals surface area contributed by atoms with Crippen molar-refractivity contribution in [2.45, 2.75) is 45.2 Å². The summed E-state index contributed by atoms with van der Waals surface area (Å²) >= 11 is 0. The summed E-state index contributed by atoms with van der Waals surface area (Å²) in [6, 6.07) is 4.68. The zero-order valence-electron chi connectivity index (χ0n) is 11.3. The first-order valence-corrected chi connectivity index (χ1v) is 6.91. The van der Waals surface area contributed by atoms with Gasteiger partial charge < -0.3 is 11.1 Å². The molecule has 1 aromatic carbocycles. The van der Waals surface area contributed by atoms with Crippen molar-refractivity contribution in [1.82, 2.24) is 5.32 Å². The Labute approximate surface area is 113 Å². The highest BCUT2D eigenvalue weighted by Crippen LogP contribution is 2.34. The van der Waals surface area contributed by atoms with Crippen LogP contribution in [0.5, 0.6) is 0 Å². The van der Waals surface area contributed by atoms with Crippen molar-refractivity contribution in [1.29, 1.82) is 0 Å². The van der Waals surface area contributed by atoms with Crippen molar-refractivity contribution < 1.29 is 9.18 Å². The monoisotopic (exact) mass is 264 g/mol. The smallest absolute Gasteiger partial charge is 0.248 e. The number of nitrogens with two attached hydrogens (primary N) is 1. The van der Waals surface area contributed by atoms with Crippen LogP contribution in [0.1, 0.15) is 48.5 Å². The minimum absolute atomic E-state index is 0.293. The average molecular weight is 264 g/mol. The van der Waals surface area contributed by atoms with Gasteiger partial charge in [-0.15, -0.1) is 0 Å². The van der Waals surface area contributed by atoms with Gasteiger partial charge in [0.15, 0.2) is 0 Å². The molecule has 0 aromatic heterocycles. The van der Waals surface area contributed by atoms with Crippen LogP contribution in [0.3, 0.4) is 0 Å². The minimum Gasteiger partial charge on any atom is -0.366 e. The molecule has 0 bridgehead atoms. The van der Waals surface area contributed by atoms with Gasteiger partial charge in [0.25, 0.3) is 0 Å². The largest absolute Gasteiger partial charge is 0.366 e.